The number of carbonyl (C=O) groups is 2. The van der Waals surface area contributed by atoms with E-state index in [1.165, 1.54) is 6.42 Å². The molecule has 0 spiro atoms. The molecule has 0 radical (unpaired) electrons. The molecule has 0 N–H and O–H groups in total. The van der Waals surface area contributed by atoms with E-state index in [0.717, 1.165) is 30.6 Å². The Morgan fingerprint density at radius 1 is 1.29 bits per heavy atom. The molecule has 2 heterocycles. The van der Waals surface area contributed by atoms with Crippen LogP contribution < -0.4 is 0 Å². The van der Waals surface area contributed by atoms with Gasteiger partial charge in [0.25, 0.3) is 0 Å². The molecule has 4 nitrogen and oxygen atoms in total. The normalized spacial score (nSPS) is 25.7. The highest BCUT2D eigenvalue weighted by atomic mass is 16.2. The number of amides is 2. The van der Waals surface area contributed by atoms with Crippen LogP contribution in [0.5, 0.6) is 0 Å². The zero-order valence-corrected chi connectivity index (χ0v) is 12.7. The second-order valence-corrected chi connectivity index (χ2v) is 6.31. The summed E-state index contributed by atoms with van der Waals surface area (Å²) in [4.78, 5) is 28.7. The average Bonchev–Trinajstić information content (AvgIpc) is 2.48. The predicted molar refractivity (Wildman–Crippen MR) is 80.6 cm³/mol. The smallest absolute Gasteiger partial charge is 0.250 e. The van der Waals surface area contributed by atoms with Gasteiger partial charge >= 0.3 is 0 Å². The van der Waals surface area contributed by atoms with Gasteiger partial charge in [-0.25, -0.2) is 0 Å². The number of hydrogen-bond acceptors (Lipinski definition) is 2. The first-order valence-electron chi connectivity index (χ1n) is 7.70. The number of benzene rings is 1. The maximum Gasteiger partial charge on any atom is 0.250 e. The van der Waals surface area contributed by atoms with E-state index in [1.807, 2.05) is 29.2 Å². The van der Waals surface area contributed by atoms with Crippen LogP contribution in [0, 0.1) is 5.92 Å². The standard InChI is InChI=1S/C17H22N2O2/c1-12-6-5-9-19(11-12)17(21)16-14-8-4-3-7-13(14)10-15(20)18(16)2/h3-4,7-8,12,16H,5-6,9-11H2,1-2H3/t12-,16+/m0/s1. The molecule has 0 aliphatic carbocycles. The van der Waals surface area contributed by atoms with Crippen LogP contribution in [0.2, 0.25) is 0 Å². The van der Waals surface area contributed by atoms with Gasteiger partial charge in [0.1, 0.15) is 6.04 Å². The summed E-state index contributed by atoms with van der Waals surface area (Å²) in [7, 11) is 1.74. The zero-order valence-electron chi connectivity index (χ0n) is 12.7. The zero-order chi connectivity index (χ0) is 15.0. The van der Waals surface area contributed by atoms with Gasteiger partial charge in [-0.1, -0.05) is 31.2 Å². The third-order valence-electron chi connectivity index (χ3n) is 4.67. The van der Waals surface area contributed by atoms with E-state index >= 15 is 0 Å². The molecule has 1 saturated heterocycles. The molecule has 112 valence electrons. The maximum absolute atomic E-state index is 12.9. The topological polar surface area (TPSA) is 40.6 Å². The molecule has 2 aliphatic heterocycles. The Morgan fingerprint density at radius 2 is 2.05 bits per heavy atom. The molecule has 0 bridgehead atoms. The van der Waals surface area contributed by atoms with Gasteiger partial charge < -0.3 is 9.80 Å². The molecule has 0 unspecified atom stereocenters. The minimum atomic E-state index is -0.451. The molecule has 21 heavy (non-hydrogen) atoms. The third kappa shape index (κ3) is 2.55. The Hall–Kier alpha value is -1.84. The third-order valence-corrected chi connectivity index (χ3v) is 4.67. The van der Waals surface area contributed by atoms with Crippen LogP contribution >= 0.6 is 0 Å². The highest BCUT2D eigenvalue weighted by Gasteiger charge is 2.37. The van der Waals surface area contributed by atoms with Crippen LogP contribution in [0.4, 0.5) is 0 Å². The first-order chi connectivity index (χ1) is 10.1. The predicted octanol–water partition coefficient (Wildman–Crippen LogP) is 2.00. The Kier molecular flexibility index (Phi) is 3.70. The van der Waals surface area contributed by atoms with Crippen molar-refractivity contribution in [2.45, 2.75) is 32.2 Å². The summed E-state index contributed by atoms with van der Waals surface area (Å²) in [5.74, 6) is 0.643. The molecule has 0 saturated carbocycles. The number of fused-ring (bicyclic) bond motifs is 1. The van der Waals surface area contributed by atoms with Crippen molar-refractivity contribution in [1.82, 2.24) is 9.80 Å². The van der Waals surface area contributed by atoms with E-state index in [4.69, 9.17) is 0 Å². The largest absolute Gasteiger partial charge is 0.340 e. The van der Waals surface area contributed by atoms with E-state index in [9.17, 15) is 9.59 Å². The monoisotopic (exact) mass is 286 g/mol. The fraction of sp³-hybridized carbons (Fsp3) is 0.529. The minimum absolute atomic E-state index is 0.0251. The van der Waals surface area contributed by atoms with Crippen molar-refractivity contribution in [3.05, 3.63) is 35.4 Å². The van der Waals surface area contributed by atoms with Crippen molar-refractivity contribution in [1.29, 1.82) is 0 Å². The van der Waals surface area contributed by atoms with Crippen molar-refractivity contribution in [2.24, 2.45) is 5.92 Å². The molecular weight excluding hydrogens is 264 g/mol. The van der Waals surface area contributed by atoms with Crippen molar-refractivity contribution in [2.75, 3.05) is 20.1 Å². The molecule has 4 heteroatoms. The van der Waals surface area contributed by atoms with Crippen molar-refractivity contribution >= 4 is 11.8 Å². The molecule has 1 aromatic rings. The summed E-state index contributed by atoms with van der Waals surface area (Å²) in [5, 5.41) is 0. The molecule has 2 amide bonds. The molecule has 2 aliphatic rings. The number of hydrogen-bond donors (Lipinski definition) is 0. The van der Waals surface area contributed by atoms with Crippen LogP contribution in [0.15, 0.2) is 24.3 Å². The number of piperidine rings is 1. The summed E-state index contributed by atoms with van der Waals surface area (Å²) in [5.41, 5.74) is 1.98. The Labute approximate surface area is 125 Å². The van der Waals surface area contributed by atoms with E-state index in [2.05, 4.69) is 6.92 Å². The van der Waals surface area contributed by atoms with Gasteiger partial charge in [0, 0.05) is 20.1 Å². The lowest BCUT2D eigenvalue weighted by Gasteiger charge is -2.39. The van der Waals surface area contributed by atoms with Gasteiger partial charge in [-0.15, -0.1) is 0 Å². The van der Waals surface area contributed by atoms with Crippen LogP contribution in [0.1, 0.15) is 36.9 Å². The summed E-state index contributed by atoms with van der Waals surface area (Å²) in [6.45, 7) is 3.80. The van der Waals surface area contributed by atoms with Crippen LogP contribution in [-0.2, 0) is 16.0 Å². The van der Waals surface area contributed by atoms with Gasteiger partial charge in [-0.3, -0.25) is 9.59 Å². The quantitative estimate of drug-likeness (QED) is 0.792. The summed E-state index contributed by atoms with van der Waals surface area (Å²) in [6, 6.07) is 7.37. The molecule has 0 aromatic heterocycles. The van der Waals surface area contributed by atoms with Crippen LogP contribution in [0.3, 0.4) is 0 Å². The number of nitrogens with zero attached hydrogens (tertiary/aromatic N) is 2. The van der Waals surface area contributed by atoms with E-state index in [0.29, 0.717) is 12.3 Å². The molecule has 2 atom stereocenters. The van der Waals surface area contributed by atoms with Crippen LogP contribution in [0.25, 0.3) is 0 Å². The highest BCUT2D eigenvalue weighted by molar-refractivity contribution is 5.92. The first kappa shape index (κ1) is 14.1. The van der Waals surface area contributed by atoms with E-state index < -0.39 is 6.04 Å². The molecule has 3 rings (SSSR count). The number of rotatable bonds is 1. The van der Waals surface area contributed by atoms with Gasteiger partial charge in [0.05, 0.1) is 6.42 Å². The van der Waals surface area contributed by atoms with Crippen molar-refractivity contribution in [3.63, 3.8) is 0 Å². The van der Waals surface area contributed by atoms with Gasteiger partial charge in [0.2, 0.25) is 11.8 Å². The number of likely N-dealkylation sites (N-methyl/N-ethyl adjacent to an activating group) is 1. The number of carbonyl (C=O) groups excluding carboxylic acids is 2. The van der Waals surface area contributed by atoms with Crippen molar-refractivity contribution < 1.29 is 9.59 Å². The minimum Gasteiger partial charge on any atom is -0.340 e. The van der Waals surface area contributed by atoms with Gasteiger partial charge in [-0.2, -0.15) is 0 Å². The average molecular weight is 286 g/mol. The molecule has 1 aromatic carbocycles. The van der Waals surface area contributed by atoms with E-state index in [1.54, 1.807) is 11.9 Å². The van der Waals surface area contributed by atoms with E-state index in [-0.39, 0.29) is 11.8 Å². The van der Waals surface area contributed by atoms with Crippen molar-refractivity contribution in [3.8, 4) is 0 Å². The Balaban J connectivity index is 1.92. The molecule has 1 fully saturated rings. The molecular formula is C17H22N2O2. The first-order valence-corrected chi connectivity index (χ1v) is 7.70. The summed E-state index contributed by atoms with van der Waals surface area (Å²) < 4.78 is 0. The van der Waals surface area contributed by atoms with Gasteiger partial charge in [-0.05, 0) is 29.9 Å². The lowest BCUT2D eigenvalue weighted by atomic mass is 9.90. The highest BCUT2D eigenvalue weighted by Crippen LogP contribution is 2.32. The SMILES string of the molecule is C[C@H]1CCCN(C(=O)[C@H]2c3ccccc3CC(=O)N2C)C1. The van der Waals surface area contributed by atoms with Gasteiger partial charge in [0.15, 0.2) is 0 Å². The lowest BCUT2D eigenvalue weighted by molar-refractivity contribution is -0.146. The fourth-order valence-electron chi connectivity index (χ4n) is 3.46. The second-order valence-electron chi connectivity index (χ2n) is 6.31. The fourth-order valence-corrected chi connectivity index (χ4v) is 3.46. The second kappa shape index (κ2) is 5.51. The summed E-state index contributed by atoms with van der Waals surface area (Å²) >= 11 is 0. The lowest BCUT2D eigenvalue weighted by Crippen LogP contribution is -2.49. The summed E-state index contributed by atoms with van der Waals surface area (Å²) in [6.07, 6.45) is 2.63. The number of likely N-dealkylation sites (tertiary alicyclic amines) is 1. The Morgan fingerprint density at radius 3 is 2.81 bits per heavy atom. The van der Waals surface area contributed by atoms with Crippen LogP contribution in [-0.4, -0.2) is 41.8 Å². The Bertz CT molecular complexity index is 570. The maximum atomic E-state index is 12.9.